The van der Waals surface area contributed by atoms with Crippen LogP contribution < -0.4 is 10.2 Å². The number of phenolic OH excluding ortho intramolecular Hbond substituents is 1. The van der Waals surface area contributed by atoms with Crippen molar-refractivity contribution in [1.29, 1.82) is 0 Å². The minimum Gasteiger partial charge on any atom is -0.508 e. The van der Waals surface area contributed by atoms with E-state index in [0.29, 0.717) is 22.5 Å². The SMILES string of the molecule is CCc1ccc(Oc2c(C)oc3cc(O)ccc3c2=O)cc1. The summed E-state index contributed by atoms with van der Waals surface area (Å²) in [6, 6.07) is 12.0. The van der Waals surface area contributed by atoms with Crippen LogP contribution in [0.3, 0.4) is 0 Å². The van der Waals surface area contributed by atoms with Crippen molar-refractivity contribution >= 4 is 11.0 Å². The molecule has 1 aromatic heterocycles. The van der Waals surface area contributed by atoms with Crippen molar-refractivity contribution < 1.29 is 14.3 Å². The second kappa shape index (κ2) is 5.56. The molecular formula is C18H16O4. The zero-order chi connectivity index (χ0) is 15.7. The van der Waals surface area contributed by atoms with Crippen molar-refractivity contribution in [3.63, 3.8) is 0 Å². The average Bonchev–Trinajstić information content (AvgIpc) is 2.51. The molecule has 0 atom stereocenters. The summed E-state index contributed by atoms with van der Waals surface area (Å²) in [5, 5.41) is 9.85. The summed E-state index contributed by atoms with van der Waals surface area (Å²) < 4.78 is 11.3. The third kappa shape index (κ3) is 2.55. The molecule has 112 valence electrons. The van der Waals surface area contributed by atoms with Gasteiger partial charge in [0.05, 0.1) is 5.39 Å². The summed E-state index contributed by atoms with van der Waals surface area (Å²) >= 11 is 0. The standard InChI is InChI=1S/C18H16O4/c1-3-12-4-7-14(8-5-12)22-18-11(2)21-16-10-13(19)6-9-15(16)17(18)20/h4-10,19H,3H2,1-2H3. The number of ether oxygens (including phenoxy) is 1. The van der Waals surface area contributed by atoms with Gasteiger partial charge in [0, 0.05) is 6.07 Å². The molecule has 0 saturated carbocycles. The van der Waals surface area contributed by atoms with Gasteiger partial charge >= 0.3 is 0 Å². The topological polar surface area (TPSA) is 59.7 Å². The zero-order valence-electron chi connectivity index (χ0n) is 12.4. The highest BCUT2D eigenvalue weighted by Crippen LogP contribution is 2.27. The number of hydrogen-bond acceptors (Lipinski definition) is 4. The number of benzene rings is 2. The van der Waals surface area contributed by atoms with Crippen molar-refractivity contribution in [3.05, 3.63) is 64.0 Å². The van der Waals surface area contributed by atoms with Crippen LogP contribution in [0.2, 0.25) is 0 Å². The molecule has 0 spiro atoms. The fraction of sp³-hybridized carbons (Fsp3) is 0.167. The van der Waals surface area contributed by atoms with E-state index in [1.54, 1.807) is 6.92 Å². The Labute approximate surface area is 127 Å². The largest absolute Gasteiger partial charge is 0.508 e. The quantitative estimate of drug-likeness (QED) is 0.788. The fourth-order valence-electron chi connectivity index (χ4n) is 2.31. The molecule has 0 radical (unpaired) electrons. The predicted molar refractivity (Wildman–Crippen MR) is 84.8 cm³/mol. The maximum absolute atomic E-state index is 12.5. The molecule has 0 fully saturated rings. The number of hydrogen-bond donors (Lipinski definition) is 1. The Morgan fingerprint density at radius 2 is 1.86 bits per heavy atom. The van der Waals surface area contributed by atoms with E-state index in [1.165, 1.54) is 23.8 Å². The summed E-state index contributed by atoms with van der Waals surface area (Å²) in [5.74, 6) is 1.19. The molecule has 0 aliphatic rings. The lowest BCUT2D eigenvalue weighted by Crippen LogP contribution is -2.07. The molecule has 0 bridgehead atoms. The van der Waals surface area contributed by atoms with E-state index in [4.69, 9.17) is 9.15 Å². The molecule has 22 heavy (non-hydrogen) atoms. The average molecular weight is 296 g/mol. The molecule has 1 heterocycles. The van der Waals surface area contributed by atoms with E-state index in [1.807, 2.05) is 24.3 Å². The molecule has 3 aromatic rings. The van der Waals surface area contributed by atoms with E-state index in [0.717, 1.165) is 6.42 Å². The molecular weight excluding hydrogens is 280 g/mol. The van der Waals surface area contributed by atoms with Gasteiger partial charge in [-0.15, -0.1) is 0 Å². The van der Waals surface area contributed by atoms with Crippen LogP contribution in [-0.2, 0) is 6.42 Å². The van der Waals surface area contributed by atoms with Gasteiger partial charge in [0.2, 0.25) is 11.2 Å². The van der Waals surface area contributed by atoms with Gasteiger partial charge in [-0.2, -0.15) is 0 Å². The smallest absolute Gasteiger partial charge is 0.235 e. The van der Waals surface area contributed by atoms with E-state index >= 15 is 0 Å². The Hall–Kier alpha value is -2.75. The Kier molecular flexibility index (Phi) is 3.59. The number of aromatic hydroxyl groups is 1. The van der Waals surface area contributed by atoms with Crippen molar-refractivity contribution in [2.24, 2.45) is 0 Å². The zero-order valence-corrected chi connectivity index (χ0v) is 12.4. The Balaban J connectivity index is 2.06. The first-order chi connectivity index (χ1) is 10.6. The number of fused-ring (bicyclic) bond motifs is 1. The van der Waals surface area contributed by atoms with Crippen LogP contribution in [0.25, 0.3) is 11.0 Å². The summed E-state index contributed by atoms with van der Waals surface area (Å²) in [4.78, 5) is 12.5. The summed E-state index contributed by atoms with van der Waals surface area (Å²) in [6.07, 6.45) is 0.945. The minimum absolute atomic E-state index is 0.0545. The van der Waals surface area contributed by atoms with Crippen LogP contribution in [-0.4, -0.2) is 5.11 Å². The van der Waals surface area contributed by atoms with Crippen LogP contribution in [0.5, 0.6) is 17.2 Å². The van der Waals surface area contributed by atoms with Gasteiger partial charge < -0.3 is 14.3 Å². The van der Waals surface area contributed by atoms with Gasteiger partial charge in [0.15, 0.2) is 0 Å². The van der Waals surface area contributed by atoms with Crippen LogP contribution in [0, 0.1) is 6.92 Å². The Bertz CT molecular complexity index is 876. The second-order valence-electron chi connectivity index (χ2n) is 5.10. The summed E-state index contributed by atoms with van der Waals surface area (Å²) in [5.41, 5.74) is 1.29. The highest BCUT2D eigenvalue weighted by atomic mass is 16.5. The second-order valence-corrected chi connectivity index (χ2v) is 5.10. The Morgan fingerprint density at radius 3 is 2.55 bits per heavy atom. The van der Waals surface area contributed by atoms with Gasteiger partial charge in [-0.1, -0.05) is 19.1 Å². The number of phenols is 1. The molecule has 1 N–H and O–H groups in total. The fourth-order valence-corrected chi connectivity index (χ4v) is 2.31. The third-order valence-electron chi connectivity index (χ3n) is 3.55. The lowest BCUT2D eigenvalue weighted by atomic mass is 10.1. The maximum Gasteiger partial charge on any atom is 0.235 e. The normalized spacial score (nSPS) is 10.8. The highest BCUT2D eigenvalue weighted by molar-refractivity contribution is 5.79. The lowest BCUT2D eigenvalue weighted by Gasteiger charge is -2.09. The van der Waals surface area contributed by atoms with Crippen LogP contribution in [0.1, 0.15) is 18.2 Å². The third-order valence-corrected chi connectivity index (χ3v) is 3.55. The van der Waals surface area contributed by atoms with E-state index in [-0.39, 0.29) is 16.9 Å². The lowest BCUT2D eigenvalue weighted by molar-refractivity contribution is 0.435. The number of aryl methyl sites for hydroxylation is 2. The molecule has 4 heteroatoms. The molecule has 0 saturated heterocycles. The molecule has 2 aromatic carbocycles. The number of rotatable bonds is 3. The summed E-state index contributed by atoms with van der Waals surface area (Å²) in [7, 11) is 0. The van der Waals surface area contributed by atoms with E-state index in [9.17, 15) is 9.90 Å². The highest BCUT2D eigenvalue weighted by Gasteiger charge is 2.14. The molecule has 4 nitrogen and oxygen atoms in total. The van der Waals surface area contributed by atoms with Gasteiger partial charge in [-0.25, -0.2) is 0 Å². The Morgan fingerprint density at radius 1 is 1.14 bits per heavy atom. The molecule has 0 aliphatic carbocycles. The van der Waals surface area contributed by atoms with Crippen LogP contribution in [0.4, 0.5) is 0 Å². The van der Waals surface area contributed by atoms with E-state index in [2.05, 4.69) is 6.92 Å². The maximum atomic E-state index is 12.5. The first kappa shape index (κ1) is 14.2. The van der Waals surface area contributed by atoms with Crippen molar-refractivity contribution in [2.45, 2.75) is 20.3 Å². The van der Waals surface area contributed by atoms with Crippen molar-refractivity contribution in [3.8, 4) is 17.2 Å². The van der Waals surface area contributed by atoms with Crippen LogP contribution in [0.15, 0.2) is 51.7 Å². The van der Waals surface area contributed by atoms with Gasteiger partial charge in [-0.3, -0.25) is 4.79 Å². The van der Waals surface area contributed by atoms with Crippen molar-refractivity contribution in [2.75, 3.05) is 0 Å². The van der Waals surface area contributed by atoms with E-state index < -0.39 is 0 Å². The minimum atomic E-state index is -0.252. The molecule has 3 rings (SSSR count). The van der Waals surface area contributed by atoms with Gasteiger partial charge in [0.1, 0.15) is 22.8 Å². The monoisotopic (exact) mass is 296 g/mol. The van der Waals surface area contributed by atoms with Gasteiger partial charge in [-0.05, 0) is 43.2 Å². The van der Waals surface area contributed by atoms with Crippen molar-refractivity contribution in [1.82, 2.24) is 0 Å². The molecule has 0 amide bonds. The van der Waals surface area contributed by atoms with Gasteiger partial charge in [0.25, 0.3) is 0 Å². The summed E-state index contributed by atoms with van der Waals surface area (Å²) in [6.45, 7) is 3.74. The molecule has 0 aliphatic heterocycles. The predicted octanol–water partition coefficient (Wildman–Crippen LogP) is 4.16. The first-order valence-electron chi connectivity index (χ1n) is 7.11. The van der Waals surface area contributed by atoms with Crippen LogP contribution >= 0.6 is 0 Å². The molecule has 0 unspecified atom stereocenters. The first-order valence-corrected chi connectivity index (χ1v) is 7.11.